The third kappa shape index (κ3) is 1.25. The highest BCUT2D eigenvalue weighted by atomic mass is 79.9. The average Bonchev–Trinajstić information content (AvgIpc) is 2.90. The Morgan fingerprint density at radius 3 is 2.78 bits per heavy atom. The fourth-order valence-corrected chi connectivity index (χ4v) is 3.29. The summed E-state index contributed by atoms with van der Waals surface area (Å²) in [7, 11) is 0. The minimum atomic E-state index is 0.274. The molecule has 88 valence electrons. The van der Waals surface area contributed by atoms with Crippen LogP contribution in [0.1, 0.15) is 22.3 Å². The van der Waals surface area contributed by atoms with Crippen LogP contribution in [0.5, 0.6) is 0 Å². The van der Waals surface area contributed by atoms with Crippen LogP contribution in [-0.4, -0.2) is 10.8 Å². The molecular weight excluding hydrogens is 290 g/mol. The molecule has 0 aliphatic heterocycles. The Morgan fingerprint density at radius 1 is 1.06 bits per heavy atom. The maximum absolute atomic E-state index is 11.8. The summed E-state index contributed by atoms with van der Waals surface area (Å²) in [6.07, 6.45) is 1.51. The van der Waals surface area contributed by atoms with Crippen molar-refractivity contribution in [1.29, 1.82) is 0 Å². The van der Waals surface area contributed by atoms with Crippen molar-refractivity contribution in [2.75, 3.05) is 0 Å². The van der Waals surface area contributed by atoms with Gasteiger partial charge in [-0.25, -0.2) is 0 Å². The number of halogens is 1. The van der Waals surface area contributed by atoms with Crippen LogP contribution in [0.25, 0.3) is 21.8 Å². The number of carbonyl (C=O) groups excluding carboxylic acids is 1. The molecule has 18 heavy (non-hydrogen) atoms. The smallest absolute Gasteiger partial charge is 0.163 e. The van der Waals surface area contributed by atoms with Crippen molar-refractivity contribution in [3.63, 3.8) is 0 Å². The lowest BCUT2D eigenvalue weighted by Crippen LogP contribution is -1.90. The van der Waals surface area contributed by atoms with Gasteiger partial charge in [0.15, 0.2) is 5.78 Å². The minimum absolute atomic E-state index is 0.274. The molecule has 3 aromatic rings. The molecule has 4 rings (SSSR count). The number of nitrogens with one attached hydrogen (secondary N) is 1. The van der Waals surface area contributed by atoms with Crippen molar-refractivity contribution in [3.05, 3.63) is 45.9 Å². The summed E-state index contributed by atoms with van der Waals surface area (Å²) in [6, 6.07) is 10.2. The minimum Gasteiger partial charge on any atom is -0.355 e. The molecule has 1 N–H and O–H groups in total. The van der Waals surface area contributed by atoms with Crippen LogP contribution in [0.3, 0.4) is 0 Å². The third-order valence-electron chi connectivity index (χ3n) is 3.74. The fourth-order valence-electron chi connectivity index (χ4n) is 2.93. The van der Waals surface area contributed by atoms with Crippen LogP contribution >= 0.6 is 15.9 Å². The number of hydrogen-bond acceptors (Lipinski definition) is 1. The van der Waals surface area contributed by atoms with E-state index in [2.05, 4.69) is 33.0 Å². The zero-order valence-electron chi connectivity index (χ0n) is 9.59. The summed E-state index contributed by atoms with van der Waals surface area (Å²) in [5, 5.41) is 2.42. The molecule has 0 amide bonds. The molecule has 0 spiro atoms. The van der Waals surface area contributed by atoms with Crippen LogP contribution < -0.4 is 0 Å². The molecule has 2 aromatic carbocycles. The van der Waals surface area contributed by atoms with E-state index in [0.717, 1.165) is 27.5 Å². The van der Waals surface area contributed by atoms with E-state index in [0.29, 0.717) is 6.42 Å². The summed E-state index contributed by atoms with van der Waals surface area (Å²) in [5.41, 5.74) is 4.36. The number of H-pyrrole nitrogens is 1. The van der Waals surface area contributed by atoms with E-state index < -0.39 is 0 Å². The maximum atomic E-state index is 11.8. The Kier molecular flexibility index (Phi) is 1.98. The quantitative estimate of drug-likeness (QED) is 0.662. The highest BCUT2D eigenvalue weighted by Gasteiger charge is 2.23. The second-order valence-corrected chi connectivity index (χ2v) is 5.67. The van der Waals surface area contributed by atoms with Crippen molar-refractivity contribution in [2.24, 2.45) is 0 Å². The first-order chi connectivity index (χ1) is 8.74. The second kappa shape index (κ2) is 3.45. The number of aromatic amines is 1. The number of aryl methyl sites for hydroxylation is 1. The third-order valence-corrected chi connectivity index (χ3v) is 4.23. The van der Waals surface area contributed by atoms with Crippen LogP contribution in [0.15, 0.2) is 34.8 Å². The van der Waals surface area contributed by atoms with E-state index in [4.69, 9.17) is 0 Å². The van der Waals surface area contributed by atoms with Crippen LogP contribution in [0.4, 0.5) is 0 Å². The Labute approximate surface area is 112 Å². The molecular formula is C15H10BrNO. The van der Waals surface area contributed by atoms with Gasteiger partial charge in [-0.1, -0.05) is 15.9 Å². The van der Waals surface area contributed by atoms with Crippen molar-refractivity contribution in [1.82, 2.24) is 4.98 Å². The van der Waals surface area contributed by atoms with Gasteiger partial charge < -0.3 is 4.98 Å². The Hall–Kier alpha value is -1.61. The number of fused-ring (bicyclic) bond motifs is 5. The first-order valence-corrected chi connectivity index (χ1v) is 6.79. The lowest BCUT2D eigenvalue weighted by Gasteiger charge is -2.00. The average molecular weight is 300 g/mol. The molecule has 1 aliphatic carbocycles. The Morgan fingerprint density at radius 2 is 1.89 bits per heavy atom. The van der Waals surface area contributed by atoms with Crippen LogP contribution in [0.2, 0.25) is 0 Å². The monoisotopic (exact) mass is 299 g/mol. The molecule has 0 bridgehead atoms. The van der Waals surface area contributed by atoms with E-state index in [1.165, 1.54) is 16.3 Å². The summed E-state index contributed by atoms with van der Waals surface area (Å²) in [5.74, 6) is 0.274. The zero-order chi connectivity index (χ0) is 12.3. The Balaban J connectivity index is 2.24. The molecule has 2 nitrogen and oxygen atoms in total. The molecule has 1 heterocycles. The second-order valence-electron chi connectivity index (χ2n) is 4.75. The number of Topliss-reactive ketones (excluding diaryl/α,β-unsaturated/α-hetero) is 1. The van der Waals surface area contributed by atoms with Gasteiger partial charge in [0.25, 0.3) is 0 Å². The highest BCUT2D eigenvalue weighted by molar-refractivity contribution is 9.10. The van der Waals surface area contributed by atoms with Gasteiger partial charge >= 0.3 is 0 Å². The van der Waals surface area contributed by atoms with Gasteiger partial charge in [-0.05, 0) is 42.3 Å². The molecule has 0 atom stereocenters. The van der Waals surface area contributed by atoms with Gasteiger partial charge in [-0.15, -0.1) is 0 Å². The van der Waals surface area contributed by atoms with Crippen molar-refractivity contribution < 1.29 is 4.79 Å². The molecule has 3 heteroatoms. The van der Waals surface area contributed by atoms with Gasteiger partial charge in [0, 0.05) is 38.3 Å². The fraction of sp³-hybridized carbons (Fsp3) is 0.133. The molecule has 0 radical (unpaired) electrons. The molecule has 1 aliphatic rings. The Bertz CT molecular complexity index is 816. The largest absolute Gasteiger partial charge is 0.355 e. The maximum Gasteiger partial charge on any atom is 0.163 e. The molecule has 1 aromatic heterocycles. The number of benzene rings is 2. The number of hydrogen-bond donors (Lipinski definition) is 1. The van der Waals surface area contributed by atoms with Gasteiger partial charge in [0.05, 0.1) is 0 Å². The number of rotatable bonds is 0. The summed E-state index contributed by atoms with van der Waals surface area (Å²) < 4.78 is 1.07. The van der Waals surface area contributed by atoms with Crippen molar-refractivity contribution in [2.45, 2.75) is 12.8 Å². The summed E-state index contributed by atoms with van der Waals surface area (Å²) >= 11 is 3.51. The SMILES string of the molecule is O=C1CCc2c1ccc1[nH]c3ccc(Br)cc3c21. The van der Waals surface area contributed by atoms with E-state index in [-0.39, 0.29) is 5.78 Å². The number of ketones is 1. The summed E-state index contributed by atoms with van der Waals surface area (Å²) in [6.45, 7) is 0. The predicted octanol–water partition coefficient (Wildman–Crippen LogP) is 4.21. The zero-order valence-corrected chi connectivity index (χ0v) is 11.2. The van der Waals surface area contributed by atoms with E-state index in [1.54, 1.807) is 0 Å². The molecule has 0 unspecified atom stereocenters. The van der Waals surface area contributed by atoms with E-state index >= 15 is 0 Å². The molecule has 0 fully saturated rings. The van der Waals surface area contributed by atoms with Crippen LogP contribution in [-0.2, 0) is 6.42 Å². The predicted molar refractivity (Wildman–Crippen MR) is 76.2 cm³/mol. The van der Waals surface area contributed by atoms with Crippen LogP contribution in [0, 0.1) is 0 Å². The van der Waals surface area contributed by atoms with Crippen molar-refractivity contribution >= 4 is 43.5 Å². The van der Waals surface area contributed by atoms with Gasteiger partial charge in [0.1, 0.15) is 0 Å². The molecule has 0 saturated carbocycles. The standard InChI is InChI=1S/C15H10BrNO/c16-8-1-4-12-11(7-8)15-10-3-6-14(18)9(10)2-5-13(15)17-12/h1-2,4-5,7,17H,3,6H2. The van der Waals surface area contributed by atoms with E-state index in [9.17, 15) is 4.79 Å². The normalized spacial score (nSPS) is 14.6. The number of aromatic nitrogens is 1. The van der Waals surface area contributed by atoms with Gasteiger partial charge in [-0.3, -0.25) is 4.79 Å². The first kappa shape index (κ1) is 10.3. The summed E-state index contributed by atoms with van der Waals surface area (Å²) in [4.78, 5) is 15.2. The molecule has 0 saturated heterocycles. The van der Waals surface area contributed by atoms with Crippen molar-refractivity contribution in [3.8, 4) is 0 Å². The lowest BCUT2D eigenvalue weighted by molar-refractivity contribution is 0.0994. The van der Waals surface area contributed by atoms with Gasteiger partial charge in [0.2, 0.25) is 0 Å². The van der Waals surface area contributed by atoms with E-state index in [1.807, 2.05) is 18.2 Å². The number of carbonyl (C=O) groups is 1. The highest BCUT2D eigenvalue weighted by Crippen LogP contribution is 2.35. The topological polar surface area (TPSA) is 32.9 Å². The van der Waals surface area contributed by atoms with Gasteiger partial charge in [-0.2, -0.15) is 0 Å². The lowest BCUT2D eigenvalue weighted by atomic mass is 10.0. The first-order valence-electron chi connectivity index (χ1n) is 6.00.